The van der Waals surface area contributed by atoms with Gasteiger partial charge in [0.05, 0.1) is 0 Å². The largest absolute Gasteiger partial charge is 0.490 e. The predicted octanol–water partition coefficient (Wildman–Crippen LogP) is 4.11. The van der Waals surface area contributed by atoms with E-state index in [1.165, 1.54) is 0 Å². The SMILES string of the molecule is CC(=O)c1ccc(OCCOc2cccc(Br)c2)cc1. The maximum atomic E-state index is 11.1. The molecular weight excluding hydrogens is 320 g/mol. The molecule has 0 bridgehead atoms. The van der Waals surface area contributed by atoms with E-state index < -0.39 is 0 Å². The van der Waals surface area contributed by atoms with Crippen molar-refractivity contribution in [3.05, 3.63) is 58.6 Å². The molecule has 2 aromatic carbocycles. The van der Waals surface area contributed by atoms with Gasteiger partial charge in [0.2, 0.25) is 0 Å². The van der Waals surface area contributed by atoms with Gasteiger partial charge in [0.1, 0.15) is 24.7 Å². The number of hydrogen-bond donors (Lipinski definition) is 0. The van der Waals surface area contributed by atoms with Crippen LogP contribution in [0, 0.1) is 0 Å². The second-order valence-corrected chi connectivity index (χ2v) is 5.15. The molecule has 4 heteroatoms. The number of carbonyl (C=O) groups is 1. The highest BCUT2D eigenvalue weighted by Crippen LogP contribution is 2.18. The normalized spacial score (nSPS) is 10.1. The van der Waals surface area contributed by atoms with E-state index in [2.05, 4.69) is 15.9 Å². The molecule has 0 spiro atoms. The van der Waals surface area contributed by atoms with Crippen LogP contribution < -0.4 is 9.47 Å². The summed E-state index contributed by atoms with van der Waals surface area (Å²) in [5, 5.41) is 0. The molecule has 0 aliphatic carbocycles. The van der Waals surface area contributed by atoms with E-state index in [1.807, 2.05) is 24.3 Å². The van der Waals surface area contributed by atoms with Gasteiger partial charge in [0, 0.05) is 10.0 Å². The van der Waals surface area contributed by atoms with Crippen LogP contribution >= 0.6 is 15.9 Å². The average Bonchev–Trinajstić information content (AvgIpc) is 2.44. The third-order valence-corrected chi connectivity index (χ3v) is 3.17. The number of halogens is 1. The predicted molar refractivity (Wildman–Crippen MR) is 81.6 cm³/mol. The van der Waals surface area contributed by atoms with E-state index in [-0.39, 0.29) is 5.78 Å². The molecule has 0 amide bonds. The molecule has 0 aromatic heterocycles. The zero-order valence-electron chi connectivity index (χ0n) is 11.1. The Morgan fingerprint density at radius 3 is 2.25 bits per heavy atom. The molecular formula is C16H15BrO3. The molecule has 2 aromatic rings. The maximum Gasteiger partial charge on any atom is 0.159 e. The van der Waals surface area contributed by atoms with Crippen LogP contribution in [0.3, 0.4) is 0 Å². The Kier molecular flexibility index (Phi) is 5.18. The van der Waals surface area contributed by atoms with Crippen LogP contribution in [-0.4, -0.2) is 19.0 Å². The monoisotopic (exact) mass is 334 g/mol. The fourth-order valence-electron chi connectivity index (χ4n) is 1.66. The van der Waals surface area contributed by atoms with Crippen molar-refractivity contribution >= 4 is 21.7 Å². The second-order valence-electron chi connectivity index (χ2n) is 4.23. The minimum Gasteiger partial charge on any atom is -0.490 e. The summed E-state index contributed by atoms with van der Waals surface area (Å²) < 4.78 is 12.1. The van der Waals surface area contributed by atoms with Crippen molar-refractivity contribution in [1.82, 2.24) is 0 Å². The van der Waals surface area contributed by atoms with Crippen LogP contribution in [0.15, 0.2) is 53.0 Å². The maximum absolute atomic E-state index is 11.1. The van der Waals surface area contributed by atoms with Crippen molar-refractivity contribution in [1.29, 1.82) is 0 Å². The first kappa shape index (κ1) is 14.6. The Morgan fingerprint density at radius 1 is 1.00 bits per heavy atom. The lowest BCUT2D eigenvalue weighted by Crippen LogP contribution is -2.09. The summed E-state index contributed by atoms with van der Waals surface area (Å²) in [6.07, 6.45) is 0. The fraction of sp³-hybridized carbons (Fsp3) is 0.188. The Balaban J connectivity index is 1.77. The lowest BCUT2D eigenvalue weighted by molar-refractivity contribution is 0.101. The Morgan fingerprint density at radius 2 is 1.65 bits per heavy atom. The summed E-state index contributed by atoms with van der Waals surface area (Å²) in [6.45, 7) is 2.46. The molecule has 20 heavy (non-hydrogen) atoms. The average molecular weight is 335 g/mol. The van der Waals surface area contributed by atoms with Gasteiger partial charge in [-0.25, -0.2) is 0 Å². The van der Waals surface area contributed by atoms with Crippen LogP contribution in [0.2, 0.25) is 0 Å². The standard InChI is InChI=1S/C16H15BrO3/c1-12(18)13-5-7-15(8-6-13)19-9-10-20-16-4-2-3-14(17)11-16/h2-8,11H,9-10H2,1H3. The zero-order chi connectivity index (χ0) is 14.4. The summed E-state index contributed by atoms with van der Waals surface area (Å²) >= 11 is 3.39. The highest BCUT2D eigenvalue weighted by Gasteiger charge is 2.00. The second kappa shape index (κ2) is 7.10. The van der Waals surface area contributed by atoms with Gasteiger partial charge in [0.15, 0.2) is 5.78 Å². The summed E-state index contributed by atoms with van der Waals surface area (Å²) in [5.74, 6) is 1.58. The van der Waals surface area contributed by atoms with E-state index in [0.717, 1.165) is 16.0 Å². The molecule has 0 radical (unpaired) electrons. The molecule has 0 heterocycles. The van der Waals surface area contributed by atoms with Crippen LogP contribution in [0.25, 0.3) is 0 Å². The van der Waals surface area contributed by atoms with E-state index in [1.54, 1.807) is 31.2 Å². The van der Waals surface area contributed by atoms with Gasteiger partial charge in [-0.15, -0.1) is 0 Å². The summed E-state index contributed by atoms with van der Waals surface area (Å²) in [6, 6.07) is 14.8. The lowest BCUT2D eigenvalue weighted by Gasteiger charge is -2.08. The summed E-state index contributed by atoms with van der Waals surface area (Å²) in [5.41, 5.74) is 0.683. The summed E-state index contributed by atoms with van der Waals surface area (Å²) in [4.78, 5) is 11.1. The molecule has 0 atom stereocenters. The molecule has 3 nitrogen and oxygen atoms in total. The van der Waals surface area contributed by atoms with E-state index in [9.17, 15) is 4.79 Å². The van der Waals surface area contributed by atoms with Crippen molar-refractivity contribution in [2.75, 3.05) is 13.2 Å². The zero-order valence-corrected chi connectivity index (χ0v) is 12.7. The van der Waals surface area contributed by atoms with Gasteiger partial charge in [-0.3, -0.25) is 4.79 Å². The highest BCUT2D eigenvalue weighted by atomic mass is 79.9. The van der Waals surface area contributed by atoms with Gasteiger partial charge in [-0.05, 0) is 49.4 Å². The first-order valence-corrected chi connectivity index (χ1v) is 7.06. The number of Topliss-reactive ketones (excluding diaryl/α,β-unsaturated/α-hetero) is 1. The van der Waals surface area contributed by atoms with Crippen LogP contribution in [0.5, 0.6) is 11.5 Å². The van der Waals surface area contributed by atoms with Crippen LogP contribution in [-0.2, 0) is 0 Å². The topological polar surface area (TPSA) is 35.5 Å². The van der Waals surface area contributed by atoms with E-state index in [4.69, 9.17) is 9.47 Å². The molecule has 0 unspecified atom stereocenters. The molecule has 2 rings (SSSR count). The first-order valence-electron chi connectivity index (χ1n) is 6.27. The molecule has 0 aliphatic heterocycles. The van der Waals surface area contributed by atoms with Crippen molar-refractivity contribution in [2.24, 2.45) is 0 Å². The van der Waals surface area contributed by atoms with Crippen LogP contribution in [0.1, 0.15) is 17.3 Å². The fourth-order valence-corrected chi connectivity index (χ4v) is 2.04. The van der Waals surface area contributed by atoms with Gasteiger partial charge < -0.3 is 9.47 Å². The van der Waals surface area contributed by atoms with E-state index in [0.29, 0.717) is 18.8 Å². The van der Waals surface area contributed by atoms with Gasteiger partial charge in [-0.1, -0.05) is 22.0 Å². The molecule has 0 fully saturated rings. The molecule has 0 N–H and O–H groups in total. The van der Waals surface area contributed by atoms with Crippen molar-refractivity contribution in [3.8, 4) is 11.5 Å². The molecule has 0 saturated heterocycles. The van der Waals surface area contributed by atoms with Gasteiger partial charge in [-0.2, -0.15) is 0 Å². The number of ether oxygens (including phenoxy) is 2. The smallest absolute Gasteiger partial charge is 0.159 e. The number of carbonyl (C=O) groups excluding carboxylic acids is 1. The Labute approximate surface area is 126 Å². The quantitative estimate of drug-likeness (QED) is 0.589. The van der Waals surface area contributed by atoms with Crippen molar-refractivity contribution < 1.29 is 14.3 Å². The van der Waals surface area contributed by atoms with Crippen LogP contribution in [0.4, 0.5) is 0 Å². The number of benzene rings is 2. The third kappa shape index (κ3) is 4.38. The minimum atomic E-state index is 0.0505. The highest BCUT2D eigenvalue weighted by molar-refractivity contribution is 9.10. The Hall–Kier alpha value is -1.81. The first-order chi connectivity index (χ1) is 9.65. The van der Waals surface area contributed by atoms with E-state index >= 15 is 0 Å². The molecule has 0 saturated carbocycles. The Bertz CT molecular complexity index is 579. The van der Waals surface area contributed by atoms with Gasteiger partial charge in [0.25, 0.3) is 0 Å². The molecule has 0 aliphatic rings. The number of rotatable bonds is 6. The number of hydrogen-bond acceptors (Lipinski definition) is 3. The number of ketones is 1. The molecule has 104 valence electrons. The third-order valence-electron chi connectivity index (χ3n) is 2.68. The van der Waals surface area contributed by atoms with Gasteiger partial charge >= 0.3 is 0 Å². The van der Waals surface area contributed by atoms with Crippen molar-refractivity contribution in [2.45, 2.75) is 6.92 Å². The summed E-state index contributed by atoms with van der Waals surface area (Å²) in [7, 11) is 0. The lowest BCUT2D eigenvalue weighted by atomic mass is 10.1. The minimum absolute atomic E-state index is 0.0505. The van der Waals surface area contributed by atoms with Crippen molar-refractivity contribution in [3.63, 3.8) is 0 Å².